The van der Waals surface area contributed by atoms with Crippen LogP contribution in [0, 0.1) is 25.2 Å². The largest absolute Gasteiger partial charge is 0.493 e. The number of nitrogens with zero attached hydrogens (tertiary/aromatic N) is 3. The standard InChI is InChI=1S/C38H49N5O10/c1-18-11-22-12-24-26(14-39)43-25(30(42(24)8)28(22)34(31(18)48-10)49-16-47-9)13-23-29(35-33(50-17-51-35)19(2)32(23)52-21(4)44)27(43)15-40-36(45)20(3)41-37(46)53-38(5,6)7/h11,20,24-27,30H,12-13,15-17H2,1-10H3,(H,40,45)(H,41,46)/t20?,24-,25?,26+,27+,30+/m1/s1. The minimum absolute atomic E-state index is 0.00636. The Bertz CT molecular complexity index is 1850. The van der Waals surface area contributed by atoms with Crippen LogP contribution >= 0.6 is 0 Å². The molecule has 2 unspecified atom stereocenters. The fourth-order valence-electron chi connectivity index (χ4n) is 8.45. The molecule has 15 heteroatoms. The van der Waals surface area contributed by atoms with E-state index in [-0.39, 0.29) is 32.2 Å². The first-order chi connectivity index (χ1) is 25.1. The first-order valence-electron chi connectivity index (χ1n) is 17.7. The number of likely N-dealkylation sites (N-methyl/N-ethyl adjacent to an activating group) is 1. The summed E-state index contributed by atoms with van der Waals surface area (Å²) in [6.45, 7) is 11.9. The van der Waals surface area contributed by atoms with Gasteiger partial charge in [0.25, 0.3) is 0 Å². The summed E-state index contributed by atoms with van der Waals surface area (Å²) in [7, 11) is 5.18. The Morgan fingerprint density at radius 3 is 2.42 bits per heavy atom. The van der Waals surface area contributed by atoms with Crippen LogP contribution in [0.3, 0.4) is 0 Å². The van der Waals surface area contributed by atoms with E-state index < -0.39 is 47.7 Å². The molecule has 6 rings (SSSR count). The van der Waals surface area contributed by atoms with Gasteiger partial charge < -0.3 is 43.8 Å². The third-order valence-corrected chi connectivity index (χ3v) is 10.4. The monoisotopic (exact) mass is 735 g/mol. The fourth-order valence-corrected chi connectivity index (χ4v) is 8.45. The lowest BCUT2D eigenvalue weighted by molar-refractivity contribution is -0.132. The van der Waals surface area contributed by atoms with Gasteiger partial charge in [0.2, 0.25) is 12.7 Å². The van der Waals surface area contributed by atoms with Gasteiger partial charge in [0, 0.05) is 54.9 Å². The summed E-state index contributed by atoms with van der Waals surface area (Å²) in [4.78, 5) is 43.2. The SMILES string of the molecule is COCOc1c(OC)c(C)cc2c1[C@@H]1C3Cc4c(OC(C)=O)c(C)c5c(c4[C@H](CNC(=O)C(C)NC(=O)OC(C)(C)C)N3[C@@H](C#N)[C@@H](C2)N1C)OCO5. The average molecular weight is 736 g/mol. The molecule has 53 heavy (non-hydrogen) atoms. The maximum Gasteiger partial charge on any atom is 0.408 e. The van der Waals surface area contributed by atoms with Crippen molar-refractivity contribution in [3.05, 3.63) is 39.4 Å². The van der Waals surface area contributed by atoms with Crippen molar-refractivity contribution in [1.82, 2.24) is 20.4 Å². The van der Waals surface area contributed by atoms with E-state index in [1.807, 2.05) is 20.9 Å². The number of hydrogen-bond donors (Lipinski definition) is 2. The molecule has 1 fully saturated rings. The number of rotatable bonds is 9. The molecule has 4 aliphatic heterocycles. The molecule has 4 aliphatic rings. The number of esters is 1. The van der Waals surface area contributed by atoms with Gasteiger partial charge in [-0.1, -0.05) is 6.07 Å². The van der Waals surface area contributed by atoms with E-state index in [0.29, 0.717) is 52.7 Å². The van der Waals surface area contributed by atoms with E-state index in [2.05, 4.69) is 32.6 Å². The van der Waals surface area contributed by atoms with E-state index in [1.165, 1.54) is 6.92 Å². The summed E-state index contributed by atoms with van der Waals surface area (Å²) in [6, 6.07) is 1.53. The number of piperazine rings is 1. The summed E-state index contributed by atoms with van der Waals surface area (Å²) in [5.41, 5.74) is 4.12. The predicted molar refractivity (Wildman–Crippen MR) is 190 cm³/mol. The van der Waals surface area contributed by atoms with Crippen LogP contribution in [0.4, 0.5) is 4.79 Å². The van der Waals surface area contributed by atoms with Gasteiger partial charge in [-0.25, -0.2) is 4.79 Å². The smallest absolute Gasteiger partial charge is 0.408 e. The van der Waals surface area contributed by atoms with Crippen LogP contribution in [0.2, 0.25) is 0 Å². The molecular formula is C38H49N5O10. The number of benzene rings is 2. The molecule has 2 N–H and O–H groups in total. The summed E-state index contributed by atoms with van der Waals surface area (Å²) in [5, 5.41) is 16.6. The van der Waals surface area contributed by atoms with Crippen LogP contribution in [0.15, 0.2) is 6.07 Å². The number of ether oxygens (including phenoxy) is 7. The van der Waals surface area contributed by atoms with Gasteiger partial charge in [-0.05, 0) is 72.6 Å². The highest BCUT2D eigenvalue weighted by molar-refractivity contribution is 5.85. The zero-order valence-corrected chi connectivity index (χ0v) is 32.0. The number of alkyl carbamates (subject to hydrolysis) is 1. The highest BCUT2D eigenvalue weighted by Gasteiger charge is 2.57. The molecule has 4 heterocycles. The number of nitrogens with one attached hydrogen (secondary N) is 2. The normalized spacial score (nSPS) is 23.4. The van der Waals surface area contributed by atoms with E-state index >= 15 is 0 Å². The Morgan fingerprint density at radius 1 is 1.06 bits per heavy atom. The van der Waals surface area contributed by atoms with Crippen molar-refractivity contribution < 1.29 is 47.5 Å². The maximum absolute atomic E-state index is 13.6. The third kappa shape index (κ3) is 6.79. The molecule has 0 aromatic heterocycles. The first-order valence-corrected chi connectivity index (χ1v) is 17.7. The lowest BCUT2D eigenvalue weighted by Crippen LogP contribution is -2.69. The van der Waals surface area contributed by atoms with Crippen LogP contribution in [-0.2, 0) is 31.9 Å². The zero-order chi connectivity index (χ0) is 38.5. The fraction of sp³-hybridized carbons (Fsp3) is 0.579. The summed E-state index contributed by atoms with van der Waals surface area (Å²) in [5.74, 6) is 1.48. The molecule has 0 radical (unpaired) electrons. The van der Waals surface area contributed by atoms with Crippen molar-refractivity contribution in [2.75, 3.05) is 41.4 Å². The molecule has 0 aliphatic carbocycles. The predicted octanol–water partition coefficient (Wildman–Crippen LogP) is 3.75. The Labute approximate surface area is 309 Å². The minimum atomic E-state index is -0.940. The highest BCUT2D eigenvalue weighted by atomic mass is 16.7. The lowest BCUT2D eigenvalue weighted by atomic mass is 9.71. The maximum atomic E-state index is 13.6. The molecule has 286 valence electrons. The van der Waals surface area contributed by atoms with Crippen LogP contribution in [0.1, 0.15) is 80.1 Å². The van der Waals surface area contributed by atoms with Gasteiger partial charge in [-0.3, -0.25) is 19.4 Å². The van der Waals surface area contributed by atoms with E-state index in [1.54, 1.807) is 41.9 Å². The van der Waals surface area contributed by atoms with Gasteiger partial charge in [0.1, 0.15) is 23.4 Å². The molecule has 15 nitrogen and oxygen atoms in total. The number of aryl methyl sites for hydroxylation is 1. The lowest BCUT2D eigenvalue weighted by Gasteiger charge is -2.60. The van der Waals surface area contributed by atoms with Gasteiger partial charge in [-0.15, -0.1) is 0 Å². The molecule has 1 saturated heterocycles. The number of fused-ring (bicyclic) bond motifs is 9. The number of nitriles is 1. The van der Waals surface area contributed by atoms with Crippen molar-refractivity contribution in [3.8, 4) is 34.8 Å². The Hall–Kier alpha value is -4.78. The zero-order valence-electron chi connectivity index (χ0n) is 32.0. The molecule has 0 saturated carbocycles. The van der Waals surface area contributed by atoms with Crippen LogP contribution < -0.4 is 34.3 Å². The molecule has 2 aromatic rings. The quantitative estimate of drug-likeness (QED) is 0.217. The van der Waals surface area contributed by atoms with E-state index in [4.69, 9.17) is 33.2 Å². The number of carbonyl (C=O) groups is 3. The third-order valence-electron chi connectivity index (χ3n) is 10.4. The second-order valence-corrected chi connectivity index (χ2v) is 15.0. The molecule has 2 aromatic carbocycles. The van der Waals surface area contributed by atoms with Crippen molar-refractivity contribution in [1.29, 1.82) is 5.26 Å². The van der Waals surface area contributed by atoms with Gasteiger partial charge in [0.05, 0.1) is 25.3 Å². The van der Waals surface area contributed by atoms with Gasteiger partial charge in [-0.2, -0.15) is 5.26 Å². The Balaban J connectivity index is 1.51. The number of methoxy groups -OCH3 is 2. The first kappa shape index (κ1) is 38.0. The van der Waals surface area contributed by atoms with Crippen molar-refractivity contribution in [2.45, 2.75) is 103 Å². The Morgan fingerprint density at radius 2 is 1.77 bits per heavy atom. The summed E-state index contributed by atoms with van der Waals surface area (Å²) < 4.78 is 40.9. The Kier molecular flexibility index (Phi) is 10.4. The van der Waals surface area contributed by atoms with Crippen molar-refractivity contribution in [3.63, 3.8) is 0 Å². The average Bonchev–Trinajstić information content (AvgIpc) is 3.57. The van der Waals surface area contributed by atoms with Gasteiger partial charge >= 0.3 is 12.1 Å². The summed E-state index contributed by atoms with van der Waals surface area (Å²) in [6.07, 6.45) is 0.182. The topological polar surface area (TPSA) is 170 Å². The van der Waals surface area contributed by atoms with E-state index in [9.17, 15) is 19.6 Å². The van der Waals surface area contributed by atoms with E-state index in [0.717, 1.165) is 22.3 Å². The number of carbonyl (C=O) groups excluding carboxylic acids is 3. The van der Waals surface area contributed by atoms with Crippen LogP contribution in [0.25, 0.3) is 0 Å². The van der Waals surface area contributed by atoms with Crippen LogP contribution in [-0.4, -0.2) is 98.9 Å². The number of hydrogen-bond acceptors (Lipinski definition) is 13. The second-order valence-electron chi connectivity index (χ2n) is 15.0. The second kappa shape index (κ2) is 14.6. The molecule has 2 amide bonds. The summed E-state index contributed by atoms with van der Waals surface area (Å²) >= 11 is 0. The highest BCUT2D eigenvalue weighted by Crippen LogP contribution is 2.58. The molecule has 0 spiro atoms. The molecule has 2 bridgehead atoms. The molecule has 6 atom stereocenters. The molecular weight excluding hydrogens is 686 g/mol. The van der Waals surface area contributed by atoms with Crippen LogP contribution in [0.5, 0.6) is 28.7 Å². The van der Waals surface area contributed by atoms with Gasteiger partial charge in [0.15, 0.2) is 29.8 Å². The van der Waals surface area contributed by atoms with Crippen molar-refractivity contribution in [2.24, 2.45) is 0 Å². The van der Waals surface area contributed by atoms with Crippen molar-refractivity contribution >= 4 is 18.0 Å². The number of amides is 2. The minimum Gasteiger partial charge on any atom is -0.493 e.